The van der Waals surface area contributed by atoms with Crippen molar-refractivity contribution in [1.29, 1.82) is 0 Å². The second-order valence-corrected chi connectivity index (χ2v) is 7.40. The zero-order valence-corrected chi connectivity index (χ0v) is 14.7. The fourth-order valence-corrected chi connectivity index (χ4v) is 4.42. The van der Waals surface area contributed by atoms with Gasteiger partial charge in [0, 0.05) is 24.0 Å². The third kappa shape index (κ3) is 4.32. The van der Waals surface area contributed by atoms with E-state index in [0.29, 0.717) is 0 Å². The van der Waals surface area contributed by atoms with Crippen LogP contribution in [0.25, 0.3) is 0 Å². The fraction of sp³-hybridized carbons (Fsp3) is 0.438. The smallest absolute Gasteiger partial charge is 0.320 e. The van der Waals surface area contributed by atoms with E-state index < -0.39 is 0 Å². The standard InChI is InChI=1S/C16H21N3O2S2/c1-12(17-16(20)18-14-5-3-11-23-14)15(13-4-2-10-22-13)19-6-8-21-9-7-19/h2-5,10-12,15H,6-9H2,1H3,(H2,17,18,20)/t12-,15+/m0/s1. The molecule has 3 heterocycles. The van der Waals surface area contributed by atoms with E-state index in [0.717, 1.165) is 31.3 Å². The highest BCUT2D eigenvalue weighted by molar-refractivity contribution is 7.14. The molecule has 2 N–H and O–H groups in total. The Kier molecular flexibility index (Phi) is 5.66. The Labute approximate surface area is 144 Å². The van der Waals surface area contributed by atoms with Gasteiger partial charge in [-0.15, -0.1) is 22.7 Å². The largest absolute Gasteiger partial charge is 0.379 e. The van der Waals surface area contributed by atoms with Crippen molar-refractivity contribution in [2.75, 3.05) is 31.6 Å². The van der Waals surface area contributed by atoms with Gasteiger partial charge in [-0.3, -0.25) is 10.2 Å². The summed E-state index contributed by atoms with van der Waals surface area (Å²) in [5.41, 5.74) is 0. The van der Waals surface area contributed by atoms with Crippen LogP contribution in [0.2, 0.25) is 0 Å². The van der Waals surface area contributed by atoms with Crippen LogP contribution in [-0.2, 0) is 4.74 Å². The number of amides is 2. The highest BCUT2D eigenvalue weighted by atomic mass is 32.1. The van der Waals surface area contributed by atoms with Gasteiger partial charge in [-0.05, 0) is 35.9 Å². The Balaban J connectivity index is 1.67. The average molecular weight is 351 g/mol. The molecule has 1 aliphatic rings. The highest BCUT2D eigenvalue weighted by Gasteiger charge is 2.29. The molecule has 1 fully saturated rings. The van der Waals surface area contributed by atoms with Gasteiger partial charge in [0.2, 0.25) is 0 Å². The molecule has 124 valence electrons. The van der Waals surface area contributed by atoms with Gasteiger partial charge >= 0.3 is 6.03 Å². The van der Waals surface area contributed by atoms with Gasteiger partial charge in [-0.2, -0.15) is 0 Å². The molecule has 0 aliphatic carbocycles. The molecule has 1 aliphatic heterocycles. The van der Waals surface area contributed by atoms with E-state index in [-0.39, 0.29) is 18.1 Å². The molecular weight excluding hydrogens is 330 g/mol. The maximum absolute atomic E-state index is 12.2. The number of thiophene rings is 2. The molecule has 2 atom stereocenters. The zero-order valence-electron chi connectivity index (χ0n) is 13.0. The van der Waals surface area contributed by atoms with Crippen molar-refractivity contribution >= 4 is 33.7 Å². The van der Waals surface area contributed by atoms with E-state index in [1.807, 2.05) is 17.5 Å². The topological polar surface area (TPSA) is 53.6 Å². The van der Waals surface area contributed by atoms with Gasteiger partial charge in [0.1, 0.15) is 0 Å². The van der Waals surface area contributed by atoms with E-state index in [1.54, 1.807) is 11.3 Å². The van der Waals surface area contributed by atoms with Crippen LogP contribution in [0.4, 0.5) is 9.80 Å². The Morgan fingerprint density at radius 3 is 2.61 bits per heavy atom. The first kappa shape index (κ1) is 16.4. The van der Waals surface area contributed by atoms with Crippen molar-refractivity contribution in [3.8, 4) is 0 Å². The summed E-state index contributed by atoms with van der Waals surface area (Å²) in [6.07, 6.45) is 0. The van der Waals surface area contributed by atoms with Gasteiger partial charge in [0.05, 0.1) is 24.3 Å². The minimum absolute atomic E-state index is 0.00622. The van der Waals surface area contributed by atoms with Gasteiger partial charge < -0.3 is 10.1 Å². The molecule has 2 aromatic rings. The molecule has 0 aromatic carbocycles. The van der Waals surface area contributed by atoms with Crippen molar-refractivity contribution < 1.29 is 9.53 Å². The van der Waals surface area contributed by atoms with Crippen molar-refractivity contribution in [3.05, 3.63) is 39.9 Å². The number of carbonyl (C=O) groups is 1. The molecule has 2 aromatic heterocycles. The van der Waals surface area contributed by atoms with Crippen molar-refractivity contribution in [2.24, 2.45) is 0 Å². The molecule has 3 rings (SSSR count). The SMILES string of the molecule is C[C@H](NC(=O)Nc1cccs1)[C@H](c1cccs1)N1CCOCC1. The maximum atomic E-state index is 12.2. The third-order valence-electron chi connectivity index (χ3n) is 3.86. The number of carbonyl (C=O) groups excluding carboxylic acids is 1. The monoisotopic (exact) mass is 351 g/mol. The van der Waals surface area contributed by atoms with Crippen LogP contribution in [0.15, 0.2) is 35.0 Å². The lowest BCUT2D eigenvalue weighted by Gasteiger charge is -2.37. The summed E-state index contributed by atoms with van der Waals surface area (Å²) in [6, 6.07) is 8.04. The summed E-state index contributed by atoms with van der Waals surface area (Å²) in [5, 5.41) is 10.9. The zero-order chi connectivity index (χ0) is 16.1. The number of ether oxygens (including phenoxy) is 1. The number of hydrogen-bond donors (Lipinski definition) is 2. The molecule has 0 bridgehead atoms. The number of rotatable bonds is 5. The lowest BCUT2D eigenvalue weighted by atomic mass is 10.1. The number of hydrogen-bond acceptors (Lipinski definition) is 5. The third-order valence-corrected chi connectivity index (χ3v) is 5.59. The fourth-order valence-electron chi connectivity index (χ4n) is 2.84. The first-order chi connectivity index (χ1) is 11.2. The van der Waals surface area contributed by atoms with Gasteiger partial charge in [0.15, 0.2) is 0 Å². The summed E-state index contributed by atoms with van der Waals surface area (Å²) in [4.78, 5) is 15.9. The van der Waals surface area contributed by atoms with E-state index in [4.69, 9.17) is 4.74 Å². The van der Waals surface area contributed by atoms with Crippen molar-refractivity contribution in [1.82, 2.24) is 10.2 Å². The average Bonchev–Trinajstić information content (AvgIpc) is 3.22. The van der Waals surface area contributed by atoms with Crippen LogP contribution in [-0.4, -0.2) is 43.3 Å². The molecule has 23 heavy (non-hydrogen) atoms. The van der Waals surface area contributed by atoms with Gasteiger partial charge in [-0.25, -0.2) is 4.79 Å². The summed E-state index contributed by atoms with van der Waals surface area (Å²) in [6.45, 7) is 5.34. The molecule has 0 radical (unpaired) electrons. The minimum Gasteiger partial charge on any atom is -0.379 e. The second kappa shape index (κ2) is 7.92. The van der Waals surface area contributed by atoms with Crippen LogP contribution in [0.3, 0.4) is 0 Å². The molecule has 2 amide bonds. The van der Waals surface area contributed by atoms with Crippen LogP contribution in [0.1, 0.15) is 17.8 Å². The Morgan fingerprint density at radius 1 is 1.22 bits per heavy atom. The minimum atomic E-state index is -0.158. The Hall–Kier alpha value is -1.41. The molecular formula is C16H21N3O2S2. The first-order valence-corrected chi connectivity index (χ1v) is 9.46. The number of anilines is 1. The Bertz CT molecular complexity index is 595. The van der Waals surface area contributed by atoms with Crippen molar-refractivity contribution in [2.45, 2.75) is 19.0 Å². The molecule has 0 saturated carbocycles. The predicted octanol–water partition coefficient (Wildman–Crippen LogP) is 3.39. The normalized spacial score (nSPS) is 18.3. The molecule has 7 heteroatoms. The number of urea groups is 1. The number of nitrogens with one attached hydrogen (secondary N) is 2. The lowest BCUT2D eigenvalue weighted by molar-refractivity contribution is 0.0106. The predicted molar refractivity (Wildman–Crippen MR) is 95.4 cm³/mol. The van der Waals surface area contributed by atoms with E-state index in [9.17, 15) is 4.79 Å². The van der Waals surface area contributed by atoms with E-state index >= 15 is 0 Å². The van der Waals surface area contributed by atoms with Gasteiger partial charge in [-0.1, -0.05) is 6.07 Å². The summed E-state index contributed by atoms with van der Waals surface area (Å²) in [5.74, 6) is 0. The van der Waals surface area contributed by atoms with Crippen LogP contribution in [0.5, 0.6) is 0 Å². The quantitative estimate of drug-likeness (QED) is 0.868. The first-order valence-electron chi connectivity index (χ1n) is 7.70. The van der Waals surface area contributed by atoms with Crippen LogP contribution >= 0.6 is 22.7 Å². The summed E-state index contributed by atoms with van der Waals surface area (Å²) in [7, 11) is 0. The van der Waals surface area contributed by atoms with E-state index in [2.05, 4.69) is 40.0 Å². The summed E-state index contributed by atoms with van der Waals surface area (Å²) >= 11 is 3.25. The molecule has 1 saturated heterocycles. The number of nitrogens with zero attached hydrogens (tertiary/aromatic N) is 1. The molecule has 5 nitrogen and oxygen atoms in total. The molecule has 0 unspecified atom stereocenters. The van der Waals surface area contributed by atoms with Crippen LogP contribution in [0, 0.1) is 0 Å². The van der Waals surface area contributed by atoms with Gasteiger partial charge in [0.25, 0.3) is 0 Å². The Morgan fingerprint density at radius 2 is 1.96 bits per heavy atom. The van der Waals surface area contributed by atoms with Crippen molar-refractivity contribution in [3.63, 3.8) is 0 Å². The second-order valence-electron chi connectivity index (χ2n) is 5.47. The summed E-state index contributed by atoms with van der Waals surface area (Å²) < 4.78 is 5.46. The lowest BCUT2D eigenvalue weighted by Crippen LogP contribution is -2.49. The number of morpholine rings is 1. The molecule has 0 spiro atoms. The highest BCUT2D eigenvalue weighted by Crippen LogP contribution is 2.29. The van der Waals surface area contributed by atoms with Crippen LogP contribution < -0.4 is 10.6 Å². The van der Waals surface area contributed by atoms with E-state index in [1.165, 1.54) is 16.2 Å². The maximum Gasteiger partial charge on any atom is 0.320 e.